The maximum Gasteiger partial charge on any atom is 0.422 e. The second kappa shape index (κ2) is 4.77. The molecule has 0 amide bonds. The topological polar surface area (TPSA) is 69.2 Å². The third kappa shape index (κ3) is 4.46. The van der Waals surface area contributed by atoms with Crippen molar-refractivity contribution in [2.24, 2.45) is 0 Å². The average Bonchev–Trinajstić information content (AvgIpc) is 2.13. The molecule has 1 rings (SSSR count). The highest BCUT2D eigenvalue weighted by Gasteiger charge is 2.29. The molecule has 96 valence electrons. The smallest absolute Gasteiger partial charge is 0.422 e. The van der Waals surface area contributed by atoms with Crippen LogP contribution in [0.25, 0.3) is 0 Å². The number of hydrogen-bond donors (Lipinski definition) is 0. The zero-order chi connectivity index (χ0) is 13.3. The summed E-state index contributed by atoms with van der Waals surface area (Å²) in [5.74, 6) is -0.474. The van der Waals surface area contributed by atoms with Gasteiger partial charge in [0.05, 0.1) is 4.47 Å². The molecule has 0 unspecified atom stereocenters. The highest BCUT2D eigenvalue weighted by Crippen LogP contribution is 2.24. The molecule has 17 heavy (non-hydrogen) atoms. The first-order chi connectivity index (χ1) is 7.59. The molecule has 0 atom stereocenters. The minimum atomic E-state index is -4.53. The molecular formula is C7H6BrF3N2O3S. The van der Waals surface area contributed by atoms with E-state index in [1.807, 2.05) is 0 Å². The number of sulfone groups is 1. The summed E-state index contributed by atoms with van der Waals surface area (Å²) in [6.45, 7) is -1.56. The van der Waals surface area contributed by atoms with Gasteiger partial charge in [-0.15, -0.1) is 0 Å². The van der Waals surface area contributed by atoms with Crippen LogP contribution in [0.2, 0.25) is 0 Å². The zero-order valence-corrected chi connectivity index (χ0v) is 10.7. The lowest BCUT2D eigenvalue weighted by Crippen LogP contribution is -2.20. The van der Waals surface area contributed by atoms with Crippen molar-refractivity contribution in [1.29, 1.82) is 0 Å². The van der Waals surface area contributed by atoms with Crippen molar-refractivity contribution in [1.82, 2.24) is 9.97 Å². The maximum absolute atomic E-state index is 11.9. The van der Waals surface area contributed by atoms with Crippen LogP contribution in [0.4, 0.5) is 13.2 Å². The molecule has 1 aromatic rings. The minimum Gasteiger partial charge on any atom is -0.467 e. The van der Waals surface area contributed by atoms with Gasteiger partial charge in [-0.2, -0.15) is 18.2 Å². The van der Waals surface area contributed by atoms with E-state index < -0.39 is 33.7 Å². The summed E-state index contributed by atoms with van der Waals surface area (Å²) in [6, 6.07) is 0. The van der Waals surface area contributed by atoms with Crippen LogP contribution in [0.3, 0.4) is 0 Å². The number of halogens is 4. The molecule has 0 fully saturated rings. The third-order valence-corrected chi connectivity index (χ3v) is 2.80. The lowest BCUT2D eigenvalue weighted by molar-refractivity contribution is -0.154. The largest absolute Gasteiger partial charge is 0.467 e. The summed E-state index contributed by atoms with van der Waals surface area (Å²) in [7, 11) is -3.70. The van der Waals surface area contributed by atoms with Crippen LogP contribution < -0.4 is 4.74 Å². The van der Waals surface area contributed by atoms with Gasteiger partial charge in [0.1, 0.15) is 0 Å². The van der Waals surface area contributed by atoms with Gasteiger partial charge in [-0.3, -0.25) is 0 Å². The monoisotopic (exact) mass is 334 g/mol. The van der Waals surface area contributed by atoms with E-state index in [9.17, 15) is 21.6 Å². The Labute approximate surface area is 103 Å². The fourth-order valence-corrected chi connectivity index (χ4v) is 1.56. The van der Waals surface area contributed by atoms with Crippen molar-refractivity contribution >= 4 is 25.8 Å². The molecule has 1 aromatic heterocycles. The van der Waals surface area contributed by atoms with Crippen molar-refractivity contribution in [2.45, 2.75) is 11.3 Å². The Morgan fingerprint density at radius 1 is 1.47 bits per heavy atom. The fourth-order valence-electron chi connectivity index (χ4n) is 0.766. The van der Waals surface area contributed by atoms with Gasteiger partial charge in [-0.05, 0) is 15.9 Å². The Kier molecular flexibility index (Phi) is 3.97. The van der Waals surface area contributed by atoms with Gasteiger partial charge in [0.15, 0.2) is 6.61 Å². The van der Waals surface area contributed by atoms with Crippen LogP contribution in [0.15, 0.2) is 15.8 Å². The number of rotatable bonds is 3. The van der Waals surface area contributed by atoms with Gasteiger partial charge in [0, 0.05) is 12.5 Å². The van der Waals surface area contributed by atoms with Crippen LogP contribution >= 0.6 is 15.9 Å². The summed E-state index contributed by atoms with van der Waals surface area (Å²) < 4.78 is 62.3. The molecule has 0 bridgehead atoms. The number of alkyl halides is 3. The van der Waals surface area contributed by atoms with Crippen LogP contribution in [0, 0.1) is 0 Å². The van der Waals surface area contributed by atoms with Crippen molar-refractivity contribution in [3.63, 3.8) is 0 Å². The molecule has 0 saturated heterocycles. The van der Waals surface area contributed by atoms with Gasteiger partial charge in [-0.25, -0.2) is 13.4 Å². The molecule has 0 aromatic carbocycles. The summed E-state index contributed by atoms with van der Waals surface area (Å²) >= 11 is 2.85. The molecule has 0 spiro atoms. The summed E-state index contributed by atoms with van der Waals surface area (Å²) in [4.78, 5) is 6.83. The first-order valence-electron chi connectivity index (χ1n) is 4.02. The standard InChI is InChI=1S/C7H6BrF3N2O3S/c1-17(14,15)6-12-2-4(8)5(13-6)16-3-7(9,10)11/h2H,3H2,1H3. The Bertz CT molecular complexity index is 518. The molecule has 0 aliphatic rings. The number of aromatic nitrogens is 2. The van der Waals surface area contributed by atoms with Gasteiger partial charge in [0.2, 0.25) is 20.9 Å². The Morgan fingerprint density at radius 3 is 2.53 bits per heavy atom. The quantitative estimate of drug-likeness (QED) is 0.785. The first-order valence-corrected chi connectivity index (χ1v) is 6.70. The normalized spacial score (nSPS) is 12.5. The van der Waals surface area contributed by atoms with Crippen LogP contribution in [-0.2, 0) is 9.84 Å². The van der Waals surface area contributed by atoms with Crippen molar-refractivity contribution in [3.8, 4) is 5.88 Å². The molecule has 5 nitrogen and oxygen atoms in total. The molecule has 0 radical (unpaired) electrons. The van der Waals surface area contributed by atoms with E-state index in [2.05, 4.69) is 30.6 Å². The van der Waals surface area contributed by atoms with Crippen molar-refractivity contribution in [3.05, 3.63) is 10.7 Å². The summed E-state index contributed by atoms with van der Waals surface area (Å²) in [6.07, 6.45) is -2.69. The lowest BCUT2D eigenvalue weighted by Gasteiger charge is -2.09. The summed E-state index contributed by atoms with van der Waals surface area (Å²) in [5.41, 5.74) is 0. The maximum atomic E-state index is 11.9. The van der Waals surface area contributed by atoms with E-state index >= 15 is 0 Å². The SMILES string of the molecule is CS(=O)(=O)c1ncc(Br)c(OCC(F)(F)F)n1. The van der Waals surface area contributed by atoms with Crippen molar-refractivity contribution < 1.29 is 26.3 Å². The molecule has 0 aliphatic carbocycles. The number of hydrogen-bond acceptors (Lipinski definition) is 5. The lowest BCUT2D eigenvalue weighted by atomic mass is 10.6. The highest BCUT2D eigenvalue weighted by molar-refractivity contribution is 9.10. The highest BCUT2D eigenvalue weighted by atomic mass is 79.9. The predicted molar refractivity (Wildman–Crippen MR) is 54.4 cm³/mol. The van der Waals surface area contributed by atoms with E-state index in [4.69, 9.17) is 0 Å². The van der Waals surface area contributed by atoms with Crippen LogP contribution in [-0.4, -0.2) is 37.4 Å². The molecule has 0 saturated carbocycles. The van der Waals surface area contributed by atoms with Crippen molar-refractivity contribution in [2.75, 3.05) is 12.9 Å². The Balaban J connectivity index is 3.00. The van der Waals surface area contributed by atoms with Crippen LogP contribution in [0.1, 0.15) is 0 Å². The van der Waals surface area contributed by atoms with E-state index in [1.165, 1.54) is 0 Å². The van der Waals surface area contributed by atoms with Gasteiger partial charge in [-0.1, -0.05) is 0 Å². The second-order valence-electron chi connectivity index (χ2n) is 2.98. The summed E-state index contributed by atoms with van der Waals surface area (Å²) in [5, 5.41) is -0.599. The number of nitrogens with zero attached hydrogens (tertiary/aromatic N) is 2. The van der Waals surface area contributed by atoms with Gasteiger partial charge >= 0.3 is 6.18 Å². The van der Waals surface area contributed by atoms with E-state index in [-0.39, 0.29) is 4.47 Å². The van der Waals surface area contributed by atoms with Crippen LogP contribution in [0.5, 0.6) is 5.88 Å². The van der Waals surface area contributed by atoms with E-state index in [0.717, 1.165) is 12.5 Å². The van der Waals surface area contributed by atoms with Gasteiger partial charge in [0.25, 0.3) is 0 Å². The molecule has 0 aliphatic heterocycles. The Hall–Kier alpha value is -0.900. The third-order valence-electron chi connectivity index (χ3n) is 1.39. The van der Waals surface area contributed by atoms with Gasteiger partial charge < -0.3 is 4.74 Å². The fraction of sp³-hybridized carbons (Fsp3) is 0.429. The zero-order valence-electron chi connectivity index (χ0n) is 8.32. The molecular weight excluding hydrogens is 329 g/mol. The minimum absolute atomic E-state index is 0.0362. The number of ether oxygens (including phenoxy) is 1. The van der Waals surface area contributed by atoms with E-state index in [0.29, 0.717) is 0 Å². The predicted octanol–water partition coefficient (Wildman–Crippen LogP) is 1.58. The average molecular weight is 335 g/mol. The second-order valence-corrected chi connectivity index (χ2v) is 5.75. The van der Waals surface area contributed by atoms with E-state index in [1.54, 1.807) is 0 Å². The Morgan fingerprint density at radius 2 is 2.06 bits per heavy atom. The first kappa shape index (κ1) is 14.2. The molecule has 1 heterocycles. The molecule has 0 N–H and O–H groups in total. The molecule has 10 heteroatoms.